The number of nitrogens with one attached hydrogen (secondary N) is 1. The highest BCUT2D eigenvalue weighted by Crippen LogP contribution is 2.29. The second-order valence-corrected chi connectivity index (χ2v) is 6.04. The quantitative estimate of drug-likeness (QED) is 0.788. The molecule has 7 heteroatoms. The summed E-state index contributed by atoms with van der Waals surface area (Å²) in [6, 6.07) is 10.6. The van der Waals surface area contributed by atoms with Crippen molar-refractivity contribution in [1.29, 1.82) is 0 Å². The van der Waals surface area contributed by atoms with Crippen LogP contribution in [-0.4, -0.2) is 30.3 Å². The maximum absolute atomic E-state index is 12.8. The highest BCUT2D eigenvalue weighted by atomic mass is 35.5. The van der Waals surface area contributed by atoms with E-state index in [0.29, 0.717) is 21.3 Å². The van der Waals surface area contributed by atoms with Crippen LogP contribution in [0.1, 0.15) is 5.56 Å². The predicted molar refractivity (Wildman–Crippen MR) is 98.2 cm³/mol. The summed E-state index contributed by atoms with van der Waals surface area (Å²) in [5, 5.41) is 3.20. The fourth-order valence-electron chi connectivity index (χ4n) is 1.96. The zero-order valence-corrected chi connectivity index (χ0v) is 14.8. The van der Waals surface area contributed by atoms with E-state index in [1.165, 1.54) is 30.2 Å². The molecule has 4 nitrogen and oxygen atoms in total. The summed E-state index contributed by atoms with van der Waals surface area (Å²) in [5.41, 5.74) is 0.981. The third-order valence-electron chi connectivity index (χ3n) is 3.27. The van der Waals surface area contributed by atoms with Gasteiger partial charge >= 0.3 is 0 Å². The molecule has 2 aromatic carbocycles. The molecule has 0 aromatic heterocycles. The predicted octanol–water partition coefficient (Wildman–Crippen LogP) is 4.24. The molecule has 1 N–H and O–H groups in total. The average Bonchev–Trinajstić information content (AvgIpc) is 2.57. The monoisotopic (exact) mass is 380 g/mol. The van der Waals surface area contributed by atoms with Gasteiger partial charge in [-0.3, -0.25) is 9.59 Å². The molecule has 0 saturated heterocycles. The number of carbonyl (C=O) groups excluding carboxylic acids is 2. The van der Waals surface area contributed by atoms with E-state index in [0.717, 1.165) is 0 Å². The first-order valence-corrected chi connectivity index (χ1v) is 8.05. The highest BCUT2D eigenvalue weighted by molar-refractivity contribution is 6.39. The Bertz CT molecular complexity index is 787. The van der Waals surface area contributed by atoms with Crippen LogP contribution in [0.4, 0.5) is 10.1 Å². The minimum atomic E-state index is -0.430. The zero-order chi connectivity index (χ0) is 18.4. The SMILES string of the molecule is CN(CC(=O)Nc1c(Cl)cccc1Cl)C(=O)/C=C\c1ccc(F)cc1. The van der Waals surface area contributed by atoms with Crippen molar-refractivity contribution in [2.75, 3.05) is 18.9 Å². The molecule has 0 fully saturated rings. The maximum Gasteiger partial charge on any atom is 0.246 e. The molecule has 0 bridgehead atoms. The number of hydrogen-bond acceptors (Lipinski definition) is 2. The Balaban J connectivity index is 1.94. The fraction of sp³-hybridized carbons (Fsp3) is 0.111. The Kier molecular flexibility index (Phi) is 6.56. The number of amides is 2. The normalized spacial score (nSPS) is 10.7. The van der Waals surface area contributed by atoms with E-state index < -0.39 is 5.91 Å². The standard InChI is InChI=1S/C18H15Cl2FN2O2/c1-23(17(25)10-7-12-5-8-13(21)9-6-12)11-16(24)22-18-14(19)3-2-4-15(18)20/h2-10H,11H2,1H3,(H,22,24)/b10-7-. The number of carbonyl (C=O) groups is 2. The summed E-state index contributed by atoms with van der Waals surface area (Å²) < 4.78 is 12.8. The van der Waals surface area contributed by atoms with Gasteiger partial charge in [-0.05, 0) is 35.9 Å². The molecular weight excluding hydrogens is 366 g/mol. The van der Waals surface area contributed by atoms with Gasteiger partial charge in [0, 0.05) is 13.1 Å². The van der Waals surface area contributed by atoms with Crippen LogP contribution in [0.3, 0.4) is 0 Å². The Morgan fingerprint density at radius 3 is 2.32 bits per heavy atom. The number of rotatable bonds is 5. The van der Waals surface area contributed by atoms with Gasteiger partial charge in [0.05, 0.1) is 22.3 Å². The van der Waals surface area contributed by atoms with E-state index in [-0.39, 0.29) is 18.3 Å². The van der Waals surface area contributed by atoms with Crippen LogP contribution >= 0.6 is 23.2 Å². The molecule has 0 heterocycles. The Hall–Kier alpha value is -2.37. The van der Waals surface area contributed by atoms with Crippen molar-refractivity contribution in [3.63, 3.8) is 0 Å². The van der Waals surface area contributed by atoms with E-state index in [1.54, 1.807) is 36.4 Å². The summed E-state index contributed by atoms with van der Waals surface area (Å²) in [7, 11) is 1.49. The van der Waals surface area contributed by atoms with E-state index >= 15 is 0 Å². The van der Waals surface area contributed by atoms with Gasteiger partial charge in [-0.1, -0.05) is 41.4 Å². The second kappa shape index (κ2) is 8.65. The summed E-state index contributed by atoms with van der Waals surface area (Å²) in [4.78, 5) is 25.3. The van der Waals surface area contributed by atoms with Gasteiger partial charge in [0.25, 0.3) is 0 Å². The van der Waals surface area contributed by atoms with Gasteiger partial charge in [-0.25, -0.2) is 4.39 Å². The number of hydrogen-bond donors (Lipinski definition) is 1. The summed E-state index contributed by atoms with van der Waals surface area (Å²) in [5.74, 6) is -1.15. The average molecular weight is 381 g/mol. The third kappa shape index (κ3) is 5.59. The number of benzene rings is 2. The van der Waals surface area contributed by atoms with Crippen molar-refractivity contribution >= 4 is 46.8 Å². The lowest BCUT2D eigenvalue weighted by atomic mass is 10.2. The lowest BCUT2D eigenvalue weighted by molar-refractivity contribution is -0.129. The molecule has 0 aliphatic rings. The molecule has 0 aliphatic heterocycles. The molecule has 0 unspecified atom stereocenters. The van der Waals surface area contributed by atoms with E-state index in [9.17, 15) is 14.0 Å². The van der Waals surface area contributed by atoms with Crippen molar-refractivity contribution in [1.82, 2.24) is 4.90 Å². The molecule has 2 rings (SSSR count). The molecule has 0 atom stereocenters. The van der Waals surface area contributed by atoms with Crippen molar-refractivity contribution in [2.45, 2.75) is 0 Å². The Morgan fingerprint density at radius 1 is 1.12 bits per heavy atom. The third-order valence-corrected chi connectivity index (χ3v) is 3.90. The number of para-hydroxylation sites is 1. The minimum absolute atomic E-state index is 0.172. The molecule has 2 aromatic rings. The lowest BCUT2D eigenvalue weighted by Crippen LogP contribution is -2.34. The lowest BCUT2D eigenvalue weighted by Gasteiger charge is -2.15. The number of anilines is 1. The first kappa shape index (κ1) is 19.0. The van der Waals surface area contributed by atoms with Crippen LogP contribution in [0.15, 0.2) is 48.5 Å². The van der Waals surface area contributed by atoms with Gasteiger partial charge in [-0.15, -0.1) is 0 Å². The second-order valence-electron chi connectivity index (χ2n) is 5.22. The van der Waals surface area contributed by atoms with Gasteiger partial charge in [0.15, 0.2) is 0 Å². The minimum Gasteiger partial charge on any atom is -0.333 e. The first-order valence-electron chi connectivity index (χ1n) is 7.29. The first-order chi connectivity index (χ1) is 11.9. The van der Waals surface area contributed by atoms with Crippen LogP contribution in [0.25, 0.3) is 6.08 Å². The zero-order valence-electron chi connectivity index (χ0n) is 13.3. The number of likely N-dealkylation sites (N-methyl/N-ethyl adjacent to an activating group) is 1. The van der Waals surface area contributed by atoms with E-state index in [2.05, 4.69) is 5.32 Å². The number of halogens is 3. The van der Waals surface area contributed by atoms with E-state index in [1.807, 2.05) is 0 Å². The van der Waals surface area contributed by atoms with Crippen molar-refractivity contribution in [3.8, 4) is 0 Å². The Morgan fingerprint density at radius 2 is 1.72 bits per heavy atom. The smallest absolute Gasteiger partial charge is 0.246 e. The van der Waals surface area contributed by atoms with Gasteiger partial charge in [0.2, 0.25) is 11.8 Å². The van der Waals surface area contributed by atoms with Crippen molar-refractivity contribution in [3.05, 3.63) is 70.0 Å². The molecule has 25 heavy (non-hydrogen) atoms. The fourth-order valence-corrected chi connectivity index (χ4v) is 2.45. The number of nitrogens with zero attached hydrogens (tertiary/aromatic N) is 1. The van der Waals surface area contributed by atoms with Gasteiger partial charge in [-0.2, -0.15) is 0 Å². The maximum atomic E-state index is 12.8. The molecular formula is C18H15Cl2FN2O2. The molecule has 130 valence electrons. The van der Waals surface area contributed by atoms with Crippen molar-refractivity contribution < 1.29 is 14.0 Å². The summed E-state index contributed by atoms with van der Waals surface area (Å²) in [6.45, 7) is -0.172. The largest absolute Gasteiger partial charge is 0.333 e. The molecule has 0 spiro atoms. The van der Waals surface area contributed by atoms with Gasteiger partial charge in [0.1, 0.15) is 5.82 Å². The summed E-state index contributed by atoms with van der Waals surface area (Å²) in [6.07, 6.45) is 2.85. The topological polar surface area (TPSA) is 49.4 Å². The summed E-state index contributed by atoms with van der Waals surface area (Å²) >= 11 is 12.0. The van der Waals surface area contributed by atoms with Gasteiger partial charge < -0.3 is 10.2 Å². The van der Waals surface area contributed by atoms with Crippen LogP contribution < -0.4 is 5.32 Å². The molecule has 0 aliphatic carbocycles. The van der Waals surface area contributed by atoms with Crippen LogP contribution in [0, 0.1) is 5.82 Å². The van der Waals surface area contributed by atoms with Crippen LogP contribution in [0.5, 0.6) is 0 Å². The highest BCUT2D eigenvalue weighted by Gasteiger charge is 2.13. The molecule has 0 saturated carbocycles. The van der Waals surface area contributed by atoms with E-state index in [4.69, 9.17) is 23.2 Å². The molecule has 2 amide bonds. The van der Waals surface area contributed by atoms with Crippen LogP contribution in [-0.2, 0) is 9.59 Å². The van der Waals surface area contributed by atoms with Crippen molar-refractivity contribution in [2.24, 2.45) is 0 Å². The Labute approximate surface area is 154 Å². The molecule has 0 radical (unpaired) electrons. The van der Waals surface area contributed by atoms with Crippen LogP contribution in [0.2, 0.25) is 10.0 Å².